The smallest absolute Gasteiger partial charge is 0.289 e. The minimum atomic E-state index is -0.237. The molecular formula is C16H18ClN3O3. The van der Waals surface area contributed by atoms with Crippen molar-refractivity contribution < 1.29 is 14.3 Å². The zero-order valence-corrected chi connectivity index (χ0v) is 13.6. The monoisotopic (exact) mass is 335 g/mol. The van der Waals surface area contributed by atoms with Gasteiger partial charge in [0.25, 0.3) is 5.91 Å². The van der Waals surface area contributed by atoms with E-state index in [9.17, 15) is 4.79 Å². The van der Waals surface area contributed by atoms with Crippen molar-refractivity contribution in [1.29, 1.82) is 0 Å². The molecule has 23 heavy (non-hydrogen) atoms. The van der Waals surface area contributed by atoms with Crippen LogP contribution in [0.15, 0.2) is 29.7 Å². The van der Waals surface area contributed by atoms with Gasteiger partial charge in [-0.05, 0) is 31.5 Å². The Morgan fingerprint density at radius 2 is 2.22 bits per heavy atom. The SMILES string of the molecule is CC1=C(C(=O)NCCCc2nc3ccc(Cl)cc3[nH]2)OCCO1. The predicted molar refractivity (Wildman–Crippen MR) is 87.0 cm³/mol. The Bertz CT molecular complexity index is 754. The van der Waals surface area contributed by atoms with Crippen molar-refractivity contribution in [2.45, 2.75) is 19.8 Å². The molecule has 0 unspecified atom stereocenters. The first kappa shape index (κ1) is 15.7. The highest BCUT2D eigenvalue weighted by Gasteiger charge is 2.19. The van der Waals surface area contributed by atoms with Crippen molar-refractivity contribution in [1.82, 2.24) is 15.3 Å². The molecule has 0 saturated heterocycles. The van der Waals surface area contributed by atoms with Crippen molar-refractivity contribution in [2.24, 2.45) is 0 Å². The summed E-state index contributed by atoms with van der Waals surface area (Å²) in [5.74, 6) is 1.44. The van der Waals surface area contributed by atoms with Crippen molar-refractivity contribution in [3.63, 3.8) is 0 Å². The van der Waals surface area contributed by atoms with E-state index in [-0.39, 0.29) is 11.7 Å². The molecule has 0 saturated carbocycles. The van der Waals surface area contributed by atoms with E-state index in [4.69, 9.17) is 21.1 Å². The lowest BCUT2D eigenvalue weighted by molar-refractivity contribution is -0.122. The van der Waals surface area contributed by atoms with E-state index < -0.39 is 0 Å². The van der Waals surface area contributed by atoms with Gasteiger partial charge < -0.3 is 19.8 Å². The lowest BCUT2D eigenvalue weighted by Crippen LogP contribution is -2.30. The summed E-state index contributed by atoms with van der Waals surface area (Å²) in [4.78, 5) is 19.7. The fourth-order valence-electron chi connectivity index (χ4n) is 2.42. The molecule has 1 aliphatic heterocycles. The topological polar surface area (TPSA) is 76.2 Å². The molecule has 2 heterocycles. The van der Waals surface area contributed by atoms with E-state index in [1.54, 1.807) is 6.92 Å². The average molecular weight is 336 g/mol. The van der Waals surface area contributed by atoms with Gasteiger partial charge in [0.15, 0.2) is 0 Å². The molecule has 0 fully saturated rings. The first-order valence-corrected chi connectivity index (χ1v) is 7.90. The number of carbonyl (C=O) groups excluding carboxylic acids is 1. The van der Waals surface area contributed by atoms with Crippen LogP contribution in [0.4, 0.5) is 0 Å². The van der Waals surface area contributed by atoms with E-state index in [2.05, 4.69) is 15.3 Å². The molecule has 0 radical (unpaired) electrons. The van der Waals surface area contributed by atoms with E-state index in [0.29, 0.717) is 30.5 Å². The van der Waals surface area contributed by atoms with Crippen LogP contribution in [-0.4, -0.2) is 35.6 Å². The fourth-order valence-corrected chi connectivity index (χ4v) is 2.59. The van der Waals surface area contributed by atoms with Crippen LogP contribution in [-0.2, 0) is 20.7 Å². The maximum Gasteiger partial charge on any atom is 0.289 e. The standard InChI is InChI=1S/C16H18ClN3O3/c1-10-15(23-8-7-22-10)16(21)18-6-2-3-14-19-12-5-4-11(17)9-13(12)20-14/h4-5,9H,2-3,6-8H2,1H3,(H,18,21)(H,19,20). The molecule has 0 spiro atoms. The van der Waals surface area contributed by atoms with Crippen LogP contribution >= 0.6 is 11.6 Å². The number of amides is 1. The second-order valence-corrected chi connectivity index (χ2v) is 5.72. The van der Waals surface area contributed by atoms with Gasteiger partial charge in [-0.25, -0.2) is 4.98 Å². The van der Waals surface area contributed by atoms with Gasteiger partial charge in [0.2, 0.25) is 5.76 Å². The summed E-state index contributed by atoms with van der Waals surface area (Å²) < 4.78 is 10.6. The van der Waals surface area contributed by atoms with Crippen LogP contribution in [0.5, 0.6) is 0 Å². The van der Waals surface area contributed by atoms with Crippen molar-refractivity contribution in [3.8, 4) is 0 Å². The molecule has 122 valence electrons. The summed E-state index contributed by atoms with van der Waals surface area (Å²) >= 11 is 5.95. The predicted octanol–water partition coefficient (Wildman–Crippen LogP) is 2.54. The number of aromatic amines is 1. The Hall–Kier alpha value is -2.21. The minimum absolute atomic E-state index is 0.237. The summed E-state index contributed by atoms with van der Waals surface area (Å²) in [6.07, 6.45) is 1.51. The molecule has 1 amide bonds. The van der Waals surface area contributed by atoms with Gasteiger partial charge in [-0.1, -0.05) is 11.6 Å². The van der Waals surface area contributed by atoms with Crippen molar-refractivity contribution in [3.05, 3.63) is 40.6 Å². The van der Waals surface area contributed by atoms with Crippen LogP contribution in [0, 0.1) is 0 Å². The highest BCUT2D eigenvalue weighted by atomic mass is 35.5. The van der Waals surface area contributed by atoms with Gasteiger partial charge in [-0.3, -0.25) is 4.79 Å². The summed E-state index contributed by atoms with van der Waals surface area (Å²) in [6.45, 7) is 3.16. The number of nitrogens with one attached hydrogen (secondary N) is 2. The third-order valence-electron chi connectivity index (χ3n) is 3.54. The third kappa shape index (κ3) is 3.76. The molecule has 2 N–H and O–H groups in total. The maximum absolute atomic E-state index is 12.0. The number of hydrogen-bond donors (Lipinski definition) is 2. The largest absolute Gasteiger partial charge is 0.491 e. The first-order chi connectivity index (χ1) is 11.1. The summed E-state index contributed by atoms with van der Waals surface area (Å²) in [7, 11) is 0. The highest BCUT2D eigenvalue weighted by Crippen LogP contribution is 2.17. The van der Waals surface area contributed by atoms with E-state index in [0.717, 1.165) is 29.7 Å². The molecule has 3 rings (SSSR count). The average Bonchev–Trinajstić information content (AvgIpc) is 2.93. The van der Waals surface area contributed by atoms with Crippen LogP contribution in [0.2, 0.25) is 5.02 Å². The number of nitrogens with zero attached hydrogens (tertiary/aromatic N) is 1. The molecule has 1 aromatic heterocycles. The highest BCUT2D eigenvalue weighted by molar-refractivity contribution is 6.31. The van der Waals surface area contributed by atoms with Crippen molar-refractivity contribution >= 4 is 28.5 Å². The van der Waals surface area contributed by atoms with Gasteiger partial charge in [0.1, 0.15) is 24.8 Å². The number of benzene rings is 1. The number of hydrogen-bond acceptors (Lipinski definition) is 4. The Morgan fingerprint density at radius 1 is 1.39 bits per heavy atom. The second kappa shape index (κ2) is 6.91. The van der Waals surface area contributed by atoms with Gasteiger partial charge in [-0.15, -0.1) is 0 Å². The first-order valence-electron chi connectivity index (χ1n) is 7.52. The summed E-state index contributed by atoms with van der Waals surface area (Å²) in [5, 5.41) is 3.51. The number of imidazole rings is 1. The van der Waals surface area contributed by atoms with E-state index >= 15 is 0 Å². The number of halogens is 1. The zero-order valence-electron chi connectivity index (χ0n) is 12.8. The van der Waals surface area contributed by atoms with Crippen molar-refractivity contribution in [2.75, 3.05) is 19.8 Å². The number of rotatable bonds is 5. The lowest BCUT2D eigenvalue weighted by Gasteiger charge is -2.19. The number of aryl methyl sites for hydroxylation is 1. The summed E-state index contributed by atoms with van der Waals surface area (Å²) in [6, 6.07) is 5.55. The molecule has 6 nitrogen and oxygen atoms in total. The normalized spacial score (nSPS) is 14.5. The summed E-state index contributed by atoms with van der Waals surface area (Å²) in [5.41, 5.74) is 1.81. The van der Waals surface area contributed by atoms with Crippen LogP contribution in [0.25, 0.3) is 11.0 Å². The fraction of sp³-hybridized carbons (Fsp3) is 0.375. The molecular weight excluding hydrogens is 318 g/mol. The Labute approximate surface area is 138 Å². The van der Waals surface area contributed by atoms with Gasteiger partial charge in [0.05, 0.1) is 11.0 Å². The number of carbonyl (C=O) groups is 1. The maximum atomic E-state index is 12.0. The number of aromatic nitrogens is 2. The zero-order chi connectivity index (χ0) is 16.2. The second-order valence-electron chi connectivity index (χ2n) is 5.29. The lowest BCUT2D eigenvalue weighted by atomic mass is 10.3. The molecule has 7 heteroatoms. The van der Waals surface area contributed by atoms with Gasteiger partial charge >= 0.3 is 0 Å². The molecule has 0 bridgehead atoms. The number of H-pyrrole nitrogens is 1. The molecule has 1 aliphatic rings. The number of ether oxygens (including phenoxy) is 2. The molecule has 2 aromatic rings. The van der Waals surface area contributed by atoms with Gasteiger partial charge in [0, 0.05) is 18.0 Å². The quantitative estimate of drug-likeness (QED) is 0.823. The van der Waals surface area contributed by atoms with Gasteiger partial charge in [-0.2, -0.15) is 0 Å². The molecule has 0 atom stereocenters. The van der Waals surface area contributed by atoms with E-state index in [1.165, 1.54) is 0 Å². The molecule has 0 aliphatic carbocycles. The number of allylic oxidation sites excluding steroid dienone is 1. The van der Waals surface area contributed by atoms with E-state index in [1.807, 2.05) is 18.2 Å². The van der Waals surface area contributed by atoms with Crippen LogP contribution in [0.3, 0.4) is 0 Å². The van der Waals surface area contributed by atoms with Crippen LogP contribution in [0.1, 0.15) is 19.2 Å². The Kier molecular flexibility index (Phi) is 4.71. The Morgan fingerprint density at radius 3 is 3.04 bits per heavy atom. The number of fused-ring (bicyclic) bond motifs is 1. The minimum Gasteiger partial charge on any atom is -0.491 e. The van der Waals surface area contributed by atoms with Crippen LogP contribution < -0.4 is 5.32 Å². The Balaban J connectivity index is 1.50. The third-order valence-corrected chi connectivity index (χ3v) is 3.78. The molecule has 1 aromatic carbocycles.